The molecule has 2 rings (SSSR count). The Morgan fingerprint density at radius 3 is 2.63 bits per heavy atom. The monoisotopic (exact) mass is 373 g/mol. The molecule has 5 nitrogen and oxygen atoms in total. The fraction of sp³-hybridized carbons (Fsp3) is 0.231. The third-order valence-corrected chi connectivity index (χ3v) is 3.84. The van der Waals surface area contributed by atoms with Crippen LogP contribution in [0.4, 0.5) is 0 Å². The lowest BCUT2D eigenvalue weighted by molar-refractivity contribution is -0.140. The Morgan fingerprint density at radius 1 is 1.32 bits per heavy atom. The smallest absolute Gasteiger partial charge is 0.310 e. The van der Waals surface area contributed by atoms with Crippen LogP contribution in [0.15, 0.2) is 30.4 Å². The molecule has 1 aromatic carbocycles. The van der Waals surface area contributed by atoms with Crippen LogP contribution < -0.4 is 5.32 Å². The average Bonchev–Trinajstić information content (AvgIpc) is 2.81. The van der Waals surface area contributed by atoms with E-state index in [-0.39, 0.29) is 17.7 Å². The van der Waals surface area contributed by atoms with E-state index in [9.17, 15) is 14.7 Å². The van der Waals surface area contributed by atoms with Gasteiger partial charge in [-0.05, 0) is 47.2 Å². The predicted octanol–water partition coefficient (Wildman–Crippen LogP) is 1.76. The zero-order valence-electron chi connectivity index (χ0n) is 9.84. The SMILES string of the molecule is O=C(NC1C=CC(C(=O)O)C1)c1ccc(I)c(O)c1. The number of aliphatic carboxylic acids is 1. The summed E-state index contributed by atoms with van der Waals surface area (Å²) in [7, 11) is 0. The quantitative estimate of drug-likeness (QED) is 0.557. The van der Waals surface area contributed by atoms with Crippen molar-refractivity contribution in [3.63, 3.8) is 0 Å². The summed E-state index contributed by atoms with van der Waals surface area (Å²) in [6, 6.07) is 4.37. The maximum absolute atomic E-state index is 11.9. The van der Waals surface area contributed by atoms with Crippen LogP contribution in [0.25, 0.3) is 0 Å². The fourth-order valence-electron chi connectivity index (χ4n) is 1.89. The average molecular weight is 373 g/mol. The second kappa shape index (κ2) is 5.60. The standard InChI is InChI=1S/C13H12INO4/c14-10-4-2-7(6-11(10)16)12(17)15-9-3-1-8(5-9)13(18)19/h1-4,6,8-9,16H,5H2,(H,15,17)(H,18,19). The maximum Gasteiger partial charge on any atom is 0.310 e. The number of phenols is 1. The van der Waals surface area contributed by atoms with Crippen molar-refractivity contribution in [2.45, 2.75) is 12.5 Å². The molecule has 3 N–H and O–H groups in total. The van der Waals surface area contributed by atoms with Crippen molar-refractivity contribution in [3.05, 3.63) is 39.5 Å². The molecule has 0 bridgehead atoms. The summed E-state index contributed by atoms with van der Waals surface area (Å²) in [5.74, 6) is -1.71. The van der Waals surface area contributed by atoms with Gasteiger partial charge in [-0.2, -0.15) is 0 Å². The number of carbonyl (C=O) groups is 2. The maximum atomic E-state index is 11.9. The van der Waals surface area contributed by atoms with E-state index in [1.54, 1.807) is 24.3 Å². The molecule has 0 aromatic heterocycles. The van der Waals surface area contributed by atoms with E-state index in [1.807, 2.05) is 22.6 Å². The normalized spacial score (nSPS) is 21.3. The molecule has 0 saturated carbocycles. The lowest BCUT2D eigenvalue weighted by Gasteiger charge is -2.12. The van der Waals surface area contributed by atoms with Crippen LogP contribution in [0, 0.1) is 9.49 Å². The number of carboxylic acid groups (broad SMARTS) is 1. The number of rotatable bonds is 3. The molecule has 0 fully saturated rings. The predicted molar refractivity (Wildman–Crippen MR) is 77.0 cm³/mol. The number of hydrogen-bond donors (Lipinski definition) is 3. The van der Waals surface area contributed by atoms with Crippen molar-refractivity contribution < 1.29 is 19.8 Å². The van der Waals surface area contributed by atoms with Gasteiger partial charge in [0.05, 0.1) is 9.49 Å². The molecule has 2 unspecified atom stereocenters. The Morgan fingerprint density at radius 2 is 2.05 bits per heavy atom. The van der Waals surface area contributed by atoms with Crippen molar-refractivity contribution in [1.82, 2.24) is 5.32 Å². The Bertz CT molecular complexity index is 556. The van der Waals surface area contributed by atoms with E-state index in [4.69, 9.17) is 5.11 Å². The molecule has 19 heavy (non-hydrogen) atoms. The van der Waals surface area contributed by atoms with E-state index < -0.39 is 11.9 Å². The number of hydrogen-bond acceptors (Lipinski definition) is 3. The number of aromatic hydroxyl groups is 1. The molecule has 1 aliphatic carbocycles. The first-order chi connectivity index (χ1) is 8.97. The zero-order valence-corrected chi connectivity index (χ0v) is 12.0. The lowest BCUT2D eigenvalue weighted by atomic mass is 10.1. The van der Waals surface area contributed by atoms with Crippen LogP contribution in [0.2, 0.25) is 0 Å². The van der Waals surface area contributed by atoms with Crippen molar-refractivity contribution in [1.29, 1.82) is 0 Å². The highest BCUT2D eigenvalue weighted by molar-refractivity contribution is 14.1. The Labute approximate surface area is 123 Å². The number of benzene rings is 1. The van der Waals surface area contributed by atoms with Gasteiger partial charge in [-0.3, -0.25) is 9.59 Å². The molecule has 0 radical (unpaired) electrons. The molecule has 1 aliphatic rings. The Kier molecular flexibility index (Phi) is 4.08. The zero-order chi connectivity index (χ0) is 14.0. The third-order valence-electron chi connectivity index (χ3n) is 2.93. The Hall–Kier alpha value is -1.57. The molecule has 0 heterocycles. The van der Waals surface area contributed by atoms with Crippen molar-refractivity contribution >= 4 is 34.5 Å². The van der Waals surface area contributed by atoms with E-state index in [0.717, 1.165) is 0 Å². The summed E-state index contributed by atoms with van der Waals surface area (Å²) < 4.78 is 0.667. The minimum absolute atomic E-state index is 0.0543. The summed E-state index contributed by atoms with van der Waals surface area (Å²) in [6.07, 6.45) is 3.62. The fourth-order valence-corrected chi connectivity index (χ4v) is 2.23. The van der Waals surface area contributed by atoms with Gasteiger partial charge in [-0.25, -0.2) is 0 Å². The second-order valence-corrected chi connectivity index (χ2v) is 5.47. The molecular formula is C13H12INO4. The van der Waals surface area contributed by atoms with Crippen molar-refractivity contribution in [2.24, 2.45) is 5.92 Å². The largest absolute Gasteiger partial charge is 0.507 e. The van der Waals surface area contributed by atoms with Crippen LogP contribution in [0.1, 0.15) is 16.8 Å². The molecule has 0 aliphatic heterocycles. The van der Waals surface area contributed by atoms with Gasteiger partial charge in [0.2, 0.25) is 0 Å². The van der Waals surface area contributed by atoms with E-state index in [2.05, 4.69) is 5.32 Å². The summed E-state index contributed by atoms with van der Waals surface area (Å²) in [5.41, 5.74) is 0.352. The first kappa shape index (κ1) is 13.9. The Balaban J connectivity index is 2.00. The summed E-state index contributed by atoms with van der Waals surface area (Å²) in [4.78, 5) is 22.7. The van der Waals surface area contributed by atoms with E-state index >= 15 is 0 Å². The van der Waals surface area contributed by atoms with Gasteiger partial charge < -0.3 is 15.5 Å². The van der Waals surface area contributed by atoms with Gasteiger partial charge >= 0.3 is 5.97 Å². The van der Waals surface area contributed by atoms with Crippen LogP contribution in [-0.2, 0) is 4.79 Å². The molecule has 100 valence electrons. The minimum atomic E-state index is -0.889. The highest BCUT2D eigenvalue weighted by Gasteiger charge is 2.25. The minimum Gasteiger partial charge on any atom is -0.507 e. The number of halogens is 1. The van der Waals surface area contributed by atoms with Gasteiger partial charge in [0.25, 0.3) is 5.91 Å². The molecule has 2 atom stereocenters. The number of carboxylic acids is 1. The van der Waals surface area contributed by atoms with Crippen LogP contribution >= 0.6 is 22.6 Å². The van der Waals surface area contributed by atoms with Crippen LogP contribution in [-0.4, -0.2) is 28.1 Å². The number of phenolic OH excluding ortho intramolecular Hbond substituents is 1. The summed E-state index contributed by atoms with van der Waals surface area (Å²) in [6.45, 7) is 0. The molecule has 6 heteroatoms. The van der Waals surface area contributed by atoms with Crippen molar-refractivity contribution in [2.75, 3.05) is 0 Å². The number of nitrogens with one attached hydrogen (secondary N) is 1. The summed E-state index contributed by atoms with van der Waals surface area (Å²) in [5, 5.41) is 21.1. The number of amides is 1. The lowest BCUT2D eigenvalue weighted by Crippen LogP contribution is -2.33. The molecule has 1 amide bonds. The van der Waals surface area contributed by atoms with Gasteiger partial charge in [-0.1, -0.05) is 12.2 Å². The third kappa shape index (κ3) is 3.25. The van der Waals surface area contributed by atoms with Gasteiger partial charge in [-0.15, -0.1) is 0 Å². The van der Waals surface area contributed by atoms with Crippen LogP contribution in [0.5, 0.6) is 5.75 Å². The highest BCUT2D eigenvalue weighted by Crippen LogP contribution is 2.22. The molecule has 0 saturated heterocycles. The second-order valence-electron chi connectivity index (χ2n) is 4.31. The summed E-state index contributed by atoms with van der Waals surface area (Å²) >= 11 is 1.97. The first-order valence-corrected chi connectivity index (χ1v) is 6.76. The van der Waals surface area contributed by atoms with Gasteiger partial charge in [0.15, 0.2) is 0 Å². The van der Waals surface area contributed by atoms with Crippen molar-refractivity contribution in [3.8, 4) is 5.75 Å². The van der Waals surface area contributed by atoms with Crippen LogP contribution in [0.3, 0.4) is 0 Å². The highest BCUT2D eigenvalue weighted by atomic mass is 127. The molecule has 1 aromatic rings. The number of carbonyl (C=O) groups excluding carboxylic acids is 1. The van der Waals surface area contributed by atoms with E-state index in [1.165, 1.54) is 6.07 Å². The first-order valence-electron chi connectivity index (χ1n) is 5.68. The molecular weight excluding hydrogens is 361 g/mol. The van der Waals surface area contributed by atoms with Gasteiger partial charge in [0, 0.05) is 11.6 Å². The van der Waals surface area contributed by atoms with E-state index in [0.29, 0.717) is 15.6 Å². The van der Waals surface area contributed by atoms with Gasteiger partial charge in [0.1, 0.15) is 5.75 Å². The topological polar surface area (TPSA) is 86.6 Å². The molecule has 0 spiro atoms.